The number of carbonyl (C=O) groups excluding carboxylic acids is 1. The normalized spacial score (nSPS) is 16.2. The van der Waals surface area contributed by atoms with Gasteiger partial charge in [0.05, 0.1) is 6.04 Å². The smallest absolute Gasteiger partial charge is 0.249 e. The minimum atomic E-state index is -4.32. The lowest BCUT2D eigenvalue weighted by Gasteiger charge is -2.36. The number of hydrogen-bond acceptors (Lipinski definition) is 4. The molecule has 0 spiro atoms. The van der Waals surface area contributed by atoms with Crippen molar-refractivity contribution in [2.75, 3.05) is 31.5 Å². The van der Waals surface area contributed by atoms with Crippen molar-refractivity contribution in [3.8, 4) is 11.1 Å². The van der Waals surface area contributed by atoms with Crippen LogP contribution in [0.2, 0.25) is 0 Å². The highest BCUT2D eigenvalue weighted by Crippen LogP contribution is 2.28. The molecule has 0 saturated carbocycles. The summed E-state index contributed by atoms with van der Waals surface area (Å²) >= 11 is 0. The number of nitrogens with zero attached hydrogens (tertiary/aromatic N) is 2. The number of sulfonamides is 1. The molecule has 3 aromatic carbocycles. The number of hydrogen-bond donors (Lipinski definition) is 1. The molecule has 3 aromatic rings. The van der Waals surface area contributed by atoms with E-state index in [1.54, 1.807) is 6.92 Å². The average Bonchev–Trinajstić information content (AvgIpc) is 2.84. The highest BCUT2D eigenvalue weighted by molar-refractivity contribution is 7.89. The summed E-state index contributed by atoms with van der Waals surface area (Å²) in [5.41, 5.74) is 2.55. The zero-order valence-electron chi connectivity index (χ0n) is 18.6. The van der Waals surface area contributed by atoms with Gasteiger partial charge in [-0.15, -0.1) is 0 Å². The number of rotatable bonds is 6. The molecule has 0 aliphatic carbocycles. The third kappa shape index (κ3) is 4.86. The Labute approximate surface area is 197 Å². The SMILES string of the molecule is C[C@H](C(=O)Nc1ccccc1-c1ccccc1)N1CCN(S(=O)(=O)c2c(F)cccc2F)CC1. The number of piperazine rings is 1. The molecule has 4 rings (SSSR count). The Morgan fingerprint density at radius 3 is 2.09 bits per heavy atom. The number of amides is 1. The van der Waals surface area contributed by atoms with E-state index in [4.69, 9.17) is 0 Å². The summed E-state index contributed by atoms with van der Waals surface area (Å²) in [6, 6.07) is 19.7. The molecule has 6 nitrogen and oxygen atoms in total. The van der Waals surface area contributed by atoms with Crippen LogP contribution < -0.4 is 5.32 Å². The molecule has 1 N–H and O–H groups in total. The number of carbonyl (C=O) groups is 1. The van der Waals surface area contributed by atoms with E-state index in [-0.39, 0.29) is 32.1 Å². The molecule has 1 aliphatic rings. The fourth-order valence-corrected chi connectivity index (χ4v) is 5.58. The van der Waals surface area contributed by atoms with Gasteiger partial charge in [0, 0.05) is 37.4 Å². The van der Waals surface area contributed by atoms with Crippen molar-refractivity contribution in [2.45, 2.75) is 17.9 Å². The minimum absolute atomic E-state index is 0.0222. The van der Waals surface area contributed by atoms with Gasteiger partial charge in [0.25, 0.3) is 0 Å². The average molecular weight is 486 g/mol. The quantitative estimate of drug-likeness (QED) is 0.574. The molecule has 1 heterocycles. The second kappa shape index (κ2) is 10.0. The first-order valence-electron chi connectivity index (χ1n) is 10.9. The Morgan fingerprint density at radius 2 is 1.44 bits per heavy atom. The van der Waals surface area contributed by atoms with Crippen LogP contribution in [0.25, 0.3) is 11.1 Å². The summed E-state index contributed by atoms with van der Waals surface area (Å²) in [6.45, 7) is 2.30. The Bertz CT molecular complexity index is 1260. The van der Waals surface area contributed by atoms with Crippen LogP contribution in [-0.2, 0) is 14.8 Å². The van der Waals surface area contributed by atoms with Gasteiger partial charge < -0.3 is 5.32 Å². The Balaban J connectivity index is 1.43. The summed E-state index contributed by atoms with van der Waals surface area (Å²) in [4.78, 5) is 13.9. The minimum Gasteiger partial charge on any atom is -0.324 e. The van der Waals surface area contributed by atoms with Crippen molar-refractivity contribution >= 4 is 21.6 Å². The van der Waals surface area contributed by atoms with Crippen LogP contribution in [0.15, 0.2) is 77.7 Å². The molecule has 9 heteroatoms. The van der Waals surface area contributed by atoms with Gasteiger partial charge in [-0.1, -0.05) is 54.6 Å². The lowest BCUT2D eigenvalue weighted by molar-refractivity contribution is -0.121. The summed E-state index contributed by atoms with van der Waals surface area (Å²) < 4.78 is 54.8. The first-order valence-corrected chi connectivity index (χ1v) is 12.4. The topological polar surface area (TPSA) is 69.7 Å². The van der Waals surface area contributed by atoms with Crippen molar-refractivity contribution in [3.05, 3.63) is 84.4 Å². The monoisotopic (exact) mass is 485 g/mol. The zero-order chi connectivity index (χ0) is 24.3. The summed E-state index contributed by atoms with van der Waals surface area (Å²) in [5.74, 6) is -2.46. The van der Waals surface area contributed by atoms with Crippen molar-refractivity contribution in [1.29, 1.82) is 0 Å². The van der Waals surface area contributed by atoms with E-state index in [0.29, 0.717) is 5.69 Å². The van der Waals surface area contributed by atoms with Crippen LogP contribution in [0.1, 0.15) is 6.92 Å². The first kappa shape index (κ1) is 24.0. The molecular formula is C25H25F2N3O3S. The lowest BCUT2D eigenvalue weighted by Crippen LogP contribution is -2.54. The third-order valence-electron chi connectivity index (χ3n) is 5.99. The molecule has 1 atom stereocenters. The van der Waals surface area contributed by atoms with Gasteiger partial charge in [0.15, 0.2) is 4.90 Å². The van der Waals surface area contributed by atoms with Crippen LogP contribution in [-0.4, -0.2) is 55.8 Å². The second-order valence-electron chi connectivity index (χ2n) is 8.07. The van der Waals surface area contributed by atoms with Crippen molar-refractivity contribution in [2.24, 2.45) is 0 Å². The Kier molecular flexibility index (Phi) is 7.06. The first-order chi connectivity index (χ1) is 16.3. The molecule has 1 saturated heterocycles. The predicted octanol–water partition coefficient (Wildman–Crippen LogP) is 3.97. The lowest BCUT2D eigenvalue weighted by atomic mass is 10.0. The van der Waals surface area contributed by atoms with E-state index in [1.807, 2.05) is 59.5 Å². The summed E-state index contributed by atoms with van der Waals surface area (Å²) in [5, 5.41) is 2.98. The number of halogens is 2. The van der Waals surface area contributed by atoms with Crippen molar-refractivity contribution in [1.82, 2.24) is 9.21 Å². The zero-order valence-corrected chi connectivity index (χ0v) is 19.4. The van der Waals surface area contributed by atoms with Crippen LogP contribution >= 0.6 is 0 Å². The van der Waals surface area contributed by atoms with Gasteiger partial charge in [-0.3, -0.25) is 9.69 Å². The molecule has 1 fully saturated rings. The van der Waals surface area contributed by atoms with Gasteiger partial charge in [-0.05, 0) is 30.7 Å². The van der Waals surface area contributed by atoms with E-state index >= 15 is 0 Å². The Morgan fingerprint density at radius 1 is 0.853 bits per heavy atom. The van der Waals surface area contributed by atoms with Crippen LogP contribution in [0.3, 0.4) is 0 Å². The standard InChI is InChI=1S/C25H25F2N3O3S/c1-18(25(31)28-23-13-6-5-10-20(23)19-8-3-2-4-9-19)29-14-16-30(17-15-29)34(32,33)24-21(26)11-7-12-22(24)27/h2-13,18H,14-17H2,1H3,(H,28,31)/t18-/m1/s1. The predicted molar refractivity (Wildman–Crippen MR) is 127 cm³/mol. The number of nitrogens with one attached hydrogen (secondary N) is 1. The summed E-state index contributed by atoms with van der Waals surface area (Å²) in [7, 11) is -4.32. The molecule has 0 aromatic heterocycles. The largest absolute Gasteiger partial charge is 0.324 e. The second-order valence-corrected chi connectivity index (χ2v) is 9.94. The van der Waals surface area contributed by atoms with Crippen molar-refractivity contribution < 1.29 is 22.0 Å². The van der Waals surface area contributed by atoms with Crippen molar-refractivity contribution in [3.63, 3.8) is 0 Å². The van der Waals surface area contributed by atoms with E-state index in [2.05, 4.69) is 5.32 Å². The number of benzene rings is 3. The Hall–Kier alpha value is -3.14. The molecule has 0 radical (unpaired) electrons. The van der Waals surface area contributed by atoms with E-state index in [1.165, 1.54) is 0 Å². The number of anilines is 1. The van der Waals surface area contributed by atoms with Gasteiger partial charge in [0.1, 0.15) is 11.6 Å². The van der Waals surface area contributed by atoms with E-state index < -0.39 is 32.6 Å². The van der Waals surface area contributed by atoms with Crippen LogP contribution in [0.4, 0.5) is 14.5 Å². The molecule has 0 bridgehead atoms. The van der Waals surface area contributed by atoms with E-state index in [9.17, 15) is 22.0 Å². The number of para-hydroxylation sites is 1. The molecule has 34 heavy (non-hydrogen) atoms. The summed E-state index contributed by atoms with van der Waals surface area (Å²) in [6.07, 6.45) is 0. The molecule has 178 valence electrons. The van der Waals surface area contributed by atoms with Gasteiger partial charge in [0.2, 0.25) is 15.9 Å². The highest BCUT2D eigenvalue weighted by Gasteiger charge is 2.35. The molecule has 1 amide bonds. The maximum absolute atomic E-state index is 14.1. The fourth-order valence-electron chi connectivity index (χ4n) is 4.05. The third-order valence-corrected chi connectivity index (χ3v) is 7.94. The van der Waals surface area contributed by atoms with Gasteiger partial charge in [-0.25, -0.2) is 17.2 Å². The highest BCUT2D eigenvalue weighted by atomic mass is 32.2. The van der Waals surface area contributed by atoms with Crippen LogP contribution in [0.5, 0.6) is 0 Å². The molecule has 1 aliphatic heterocycles. The van der Waals surface area contributed by atoms with Gasteiger partial charge >= 0.3 is 0 Å². The van der Waals surface area contributed by atoms with E-state index in [0.717, 1.165) is 33.6 Å². The maximum atomic E-state index is 14.1. The fraction of sp³-hybridized carbons (Fsp3) is 0.240. The maximum Gasteiger partial charge on any atom is 0.249 e. The van der Waals surface area contributed by atoms with Gasteiger partial charge in [-0.2, -0.15) is 4.31 Å². The molecular weight excluding hydrogens is 460 g/mol. The van der Waals surface area contributed by atoms with Crippen LogP contribution in [0, 0.1) is 11.6 Å². The molecule has 0 unspecified atom stereocenters.